The Labute approximate surface area is 513 Å². The predicted molar refractivity (Wildman–Crippen MR) is 358 cm³/mol. The first-order valence-corrected chi connectivity index (χ1v) is 37.7. The van der Waals surface area contributed by atoms with E-state index >= 15 is 0 Å². The van der Waals surface area contributed by atoms with E-state index in [1.807, 2.05) is 0 Å². The quantitative estimate of drug-likeness (QED) is 0.0261. The third-order valence-corrected chi connectivity index (χ3v) is 17.5. The van der Waals surface area contributed by atoms with Crippen molar-refractivity contribution in [3.05, 3.63) is 12.2 Å². The minimum absolute atomic E-state index is 0.0624. The summed E-state index contributed by atoms with van der Waals surface area (Å²) >= 11 is 0. The van der Waals surface area contributed by atoms with E-state index in [4.69, 9.17) is 14.2 Å². The molecule has 0 heterocycles. The van der Waals surface area contributed by atoms with Gasteiger partial charge in [0.15, 0.2) is 6.10 Å². The second-order valence-corrected chi connectivity index (χ2v) is 25.9. The molecule has 0 amide bonds. The van der Waals surface area contributed by atoms with Crippen molar-refractivity contribution in [2.75, 3.05) is 13.2 Å². The molecule has 0 saturated heterocycles. The van der Waals surface area contributed by atoms with Crippen LogP contribution in [0.15, 0.2) is 12.2 Å². The molecular weight excluding hydrogens is 1010 g/mol. The summed E-state index contributed by atoms with van der Waals surface area (Å²) in [5.74, 6) is -0.824. The van der Waals surface area contributed by atoms with Gasteiger partial charge in [0.25, 0.3) is 0 Å². The highest BCUT2D eigenvalue weighted by Gasteiger charge is 2.20. The molecule has 486 valence electrons. The summed E-state index contributed by atoms with van der Waals surface area (Å²) in [6.07, 6.45) is 86.9. The van der Waals surface area contributed by atoms with Gasteiger partial charge in [-0.15, -0.1) is 0 Å². The molecule has 0 saturated carbocycles. The van der Waals surface area contributed by atoms with E-state index in [2.05, 4.69) is 32.9 Å². The van der Waals surface area contributed by atoms with Crippen LogP contribution in [0.4, 0.5) is 0 Å². The second kappa shape index (κ2) is 71.6. The highest BCUT2D eigenvalue weighted by atomic mass is 16.6. The van der Waals surface area contributed by atoms with Crippen molar-refractivity contribution >= 4 is 17.9 Å². The van der Waals surface area contributed by atoms with Gasteiger partial charge < -0.3 is 14.2 Å². The number of carbonyl (C=O) groups is 3. The van der Waals surface area contributed by atoms with Gasteiger partial charge in [0.2, 0.25) is 0 Å². The van der Waals surface area contributed by atoms with Crippen molar-refractivity contribution in [3.8, 4) is 0 Å². The second-order valence-electron chi connectivity index (χ2n) is 25.9. The summed E-state index contributed by atoms with van der Waals surface area (Å²) < 4.78 is 17.0. The molecule has 1 unspecified atom stereocenters. The zero-order valence-electron chi connectivity index (χ0n) is 56.1. The molecule has 0 aromatic heterocycles. The van der Waals surface area contributed by atoms with Gasteiger partial charge in [-0.3, -0.25) is 14.4 Å². The Morgan fingerprint density at radius 2 is 0.402 bits per heavy atom. The van der Waals surface area contributed by atoms with E-state index in [0.717, 1.165) is 57.8 Å². The normalized spacial score (nSPS) is 12.0. The lowest BCUT2D eigenvalue weighted by atomic mass is 10.0. The molecule has 82 heavy (non-hydrogen) atoms. The summed E-state index contributed by atoms with van der Waals surface area (Å²) in [7, 11) is 0. The molecule has 0 aromatic rings. The predicted octanol–water partition coefficient (Wildman–Crippen LogP) is 26.0. The standard InChI is InChI=1S/C76H146O6/c1-4-7-10-13-16-19-22-25-27-29-31-33-35-37-39-40-42-44-46-48-51-54-57-60-63-66-69-75(78)81-72-73(71-80-74(77)68-65-62-59-56-53-50-24-21-18-15-12-9-6-3)82-76(79)70-67-64-61-58-55-52-49-47-45-43-41-38-36-34-32-30-28-26-23-20-17-14-11-8-5-2/h30,32,73H,4-29,31,33-72H2,1-3H3/b32-30-. The molecular formula is C76H146O6. The van der Waals surface area contributed by atoms with Crippen molar-refractivity contribution in [2.45, 2.75) is 444 Å². The fourth-order valence-electron chi connectivity index (χ4n) is 11.9. The van der Waals surface area contributed by atoms with Crippen LogP contribution in [0.25, 0.3) is 0 Å². The van der Waals surface area contributed by atoms with Gasteiger partial charge in [0, 0.05) is 19.3 Å². The first kappa shape index (κ1) is 80.2. The third kappa shape index (κ3) is 68.9. The van der Waals surface area contributed by atoms with Crippen molar-refractivity contribution in [1.82, 2.24) is 0 Å². The molecule has 0 fully saturated rings. The minimum atomic E-state index is -0.766. The summed E-state index contributed by atoms with van der Waals surface area (Å²) in [5.41, 5.74) is 0. The monoisotopic (exact) mass is 1160 g/mol. The molecule has 0 radical (unpaired) electrons. The number of hydrogen-bond acceptors (Lipinski definition) is 6. The molecule has 0 N–H and O–H groups in total. The lowest BCUT2D eigenvalue weighted by Crippen LogP contribution is -2.30. The van der Waals surface area contributed by atoms with Gasteiger partial charge in [-0.1, -0.05) is 386 Å². The average molecular weight is 1160 g/mol. The van der Waals surface area contributed by atoms with Crippen LogP contribution in [0.5, 0.6) is 0 Å². The summed E-state index contributed by atoms with van der Waals surface area (Å²) in [5, 5.41) is 0. The lowest BCUT2D eigenvalue weighted by molar-refractivity contribution is -0.167. The first-order chi connectivity index (χ1) is 40.5. The molecule has 1 atom stereocenters. The summed E-state index contributed by atoms with van der Waals surface area (Å²) in [6, 6.07) is 0. The Morgan fingerprint density at radius 3 is 0.610 bits per heavy atom. The number of rotatable bonds is 71. The fourth-order valence-corrected chi connectivity index (χ4v) is 11.9. The van der Waals surface area contributed by atoms with Crippen molar-refractivity contribution in [3.63, 3.8) is 0 Å². The zero-order chi connectivity index (χ0) is 59.2. The molecule has 0 aromatic carbocycles. The van der Waals surface area contributed by atoms with E-state index < -0.39 is 6.10 Å². The van der Waals surface area contributed by atoms with Crippen LogP contribution < -0.4 is 0 Å². The van der Waals surface area contributed by atoms with E-state index in [9.17, 15) is 14.4 Å². The number of carbonyl (C=O) groups excluding carboxylic acids is 3. The average Bonchev–Trinajstić information content (AvgIpc) is 3.47. The van der Waals surface area contributed by atoms with Gasteiger partial charge in [-0.25, -0.2) is 0 Å². The van der Waals surface area contributed by atoms with E-state index in [1.165, 1.54) is 340 Å². The molecule has 0 aliphatic rings. The van der Waals surface area contributed by atoms with Crippen LogP contribution in [-0.4, -0.2) is 37.2 Å². The van der Waals surface area contributed by atoms with Gasteiger partial charge in [-0.2, -0.15) is 0 Å². The van der Waals surface area contributed by atoms with Crippen LogP contribution in [-0.2, 0) is 28.6 Å². The number of unbranched alkanes of at least 4 members (excludes halogenated alkanes) is 58. The molecule has 6 heteroatoms. The van der Waals surface area contributed by atoms with Gasteiger partial charge in [0.1, 0.15) is 13.2 Å². The smallest absolute Gasteiger partial charge is 0.306 e. The molecule has 0 bridgehead atoms. The summed E-state index contributed by atoms with van der Waals surface area (Å²) in [4.78, 5) is 38.5. The first-order valence-electron chi connectivity index (χ1n) is 37.7. The molecule has 6 nitrogen and oxygen atoms in total. The summed E-state index contributed by atoms with van der Waals surface area (Å²) in [6.45, 7) is 6.74. The lowest BCUT2D eigenvalue weighted by Gasteiger charge is -2.18. The Morgan fingerprint density at radius 1 is 0.232 bits per heavy atom. The van der Waals surface area contributed by atoms with Gasteiger partial charge in [0.05, 0.1) is 0 Å². The van der Waals surface area contributed by atoms with Crippen LogP contribution in [0, 0.1) is 0 Å². The molecule has 0 aliphatic heterocycles. The van der Waals surface area contributed by atoms with Gasteiger partial charge in [-0.05, 0) is 44.9 Å². The van der Waals surface area contributed by atoms with Crippen molar-refractivity contribution in [1.29, 1.82) is 0 Å². The Hall–Kier alpha value is -1.85. The van der Waals surface area contributed by atoms with Crippen LogP contribution in [0.3, 0.4) is 0 Å². The van der Waals surface area contributed by atoms with Crippen molar-refractivity contribution in [2.24, 2.45) is 0 Å². The Kier molecular flexibility index (Phi) is 70.0. The van der Waals surface area contributed by atoms with Crippen molar-refractivity contribution < 1.29 is 28.6 Å². The zero-order valence-corrected chi connectivity index (χ0v) is 56.1. The van der Waals surface area contributed by atoms with E-state index in [-0.39, 0.29) is 31.1 Å². The maximum atomic E-state index is 13.0. The van der Waals surface area contributed by atoms with Gasteiger partial charge >= 0.3 is 17.9 Å². The molecule has 0 aliphatic carbocycles. The fraction of sp³-hybridized carbons (Fsp3) is 0.934. The highest BCUT2D eigenvalue weighted by molar-refractivity contribution is 5.71. The minimum Gasteiger partial charge on any atom is -0.462 e. The maximum absolute atomic E-state index is 13.0. The maximum Gasteiger partial charge on any atom is 0.306 e. The highest BCUT2D eigenvalue weighted by Crippen LogP contribution is 2.20. The van der Waals surface area contributed by atoms with E-state index in [1.54, 1.807) is 0 Å². The number of allylic oxidation sites excluding steroid dienone is 2. The van der Waals surface area contributed by atoms with Crippen LogP contribution in [0.2, 0.25) is 0 Å². The van der Waals surface area contributed by atoms with Crippen LogP contribution in [0.1, 0.15) is 438 Å². The third-order valence-electron chi connectivity index (χ3n) is 17.5. The molecule has 0 rings (SSSR count). The topological polar surface area (TPSA) is 78.9 Å². The van der Waals surface area contributed by atoms with Crippen LogP contribution >= 0.6 is 0 Å². The Bertz CT molecular complexity index is 1280. The Balaban J connectivity index is 4.18. The van der Waals surface area contributed by atoms with E-state index in [0.29, 0.717) is 19.3 Å². The largest absolute Gasteiger partial charge is 0.462 e. The number of hydrogen-bond donors (Lipinski definition) is 0. The number of esters is 3. The number of ether oxygens (including phenoxy) is 3. The SMILES string of the molecule is CCCCCCCCCC/C=C\CCCCCCCCCCCCCCCC(=O)OC(COC(=O)CCCCCCCCCCCCCCC)COC(=O)CCCCCCCCCCCCCCCCCCCCCCCCCCCC. The molecule has 0 spiro atoms.